The number of anilines is 2. The van der Waals surface area contributed by atoms with E-state index in [1.54, 1.807) is 0 Å². The second kappa shape index (κ2) is 4.56. The maximum atomic E-state index is 11.9. The Kier molecular flexibility index (Phi) is 3.13. The molecule has 0 atom stereocenters. The zero-order chi connectivity index (χ0) is 11.5. The van der Waals surface area contributed by atoms with Gasteiger partial charge in [0, 0.05) is 5.92 Å². The average Bonchev–Trinajstić information content (AvgIpc) is 2.76. The van der Waals surface area contributed by atoms with E-state index in [1.165, 1.54) is 12.8 Å². The van der Waals surface area contributed by atoms with E-state index < -0.39 is 0 Å². The summed E-state index contributed by atoms with van der Waals surface area (Å²) in [6.07, 6.45) is 4.36. The number of rotatable bonds is 2. The maximum absolute atomic E-state index is 11.9. The smallest absolute Gasteiger partial charge is 0.227 e. The van der Waals surface area contributed by atoms with Gasteiger partial charge in [-0.25, -0.2) is 0 Å². The van der Waals surface area contributed by atoms with Gasteiger partial charge in [0.15, 0.2) is 0 Å². The fourth-order valence-electron chi connectivity index (χ4n) is 2.20. The van der Waals surface area contributed by atoms with Gasteiger partial charge in [-0.05, 0) is 37.5 Å². The SMILES string of the molecule is Cc1ccc(N)c(NC(=O)C2CCCC2)c1. The topological polar surface area (TPSA) is 55.1 Å². The lowest BCUT2D eigenvalue weighted by atomic mass is 10.1. The molecule has 1 aromatic carbocycles. The number of amides is 1. The van der Waals surface area contributed by atoms with Crippen LogP contribution < -0.4 is 11.1 Å². The molecular weight excluding hydrogens is 200 g/mol. The maximum Gasteiger partial charge on any atom is 0.227 e. The van der Waals surface area contributed by atoms with Crippen molar-refractivity contribution in [3.05, 3.63) is 23.8 Å². The van der Waals surface area contributed by atoms with Gasteiger partial charge in [-0.2, -0.15) is 0 Å². The van der Waals surface area contributed by atoms with Gasteiger partial charge in [-0.15, -0.1) is 0 Å². The summed E-state index contributed by atoms with van der Waals surface area (Å²) in [4.78, 5) is 11.9. The number of carbonyl (C=O) groups is 1. The molecule has 0 heterocycles. The Balaban J connectivity index is 2.07. The summed E-state index contributed by atoms with van der Waals surface area (Å²) in [5, 5.41) is 2.93. The molecule has 86 valence electrons. The molecular formula is C13H18N2O. The van der Waals surface area contributed by atoms with Gasteiger partial charge < -0.3 is 11.1 Å². The molecule has 3 N–H and O–H groups in total. The normalized spacial score (nSPS) is 16.3. The molecule has 0 aromatic heterocycles. The zero-order valence-corrected chi connectivity index (χ0v) is 9.62. The summed E-state index contributed by atoms with van der Waals surface area (Å²) >= 11 is 0. The number of nitrogen functional groups attached to an aromatic ring is 1. The molecule has 1 aliphatic rings. The zero-order valence-electron chi connectivity index (χ0n) is 9.62. The van der Waals surface area contributed by atoms with Crippen LogP contribution in [0.25, 0.3) is 0 Å². The van der Waals surface area contributed by atoms with Gasteiger partial charge in [0.1, 0.15) is 0 Å². The van der Waals surface area contributed by atoms with Gasteiger partial charge in [0.05, 0.1) is 11.4 Å². The Labute approximate surface area is 96.0 Å². The number of benzene rings is 1. The highest BCUT2D eigenvalue weighted by Crippen LogP contribution is 2.27. The highest BCUT2D eigenvalue weighted by Gasteiger charge is 2.22. The second-order valence-corrected chi connectivity index (χ2v) is 4.56. The van der Waals surface area contributed by atoms with E-state index in [2.05, 4.69) is 5.32 Å². The first-order valence-corrected chi connectivity index (χ1v) is 5.84. The summed E-state index contributed by atoms with van der Waals surface area (Å²) < 4.78 is 0. The Morgan fingerprint density at radius 3 is 2.75 bits per heavy atom. The lowest BCUT2D eigenvalue weighted by Gasteiger charge is -2.12. The van der Waals surface area contributed by atoms with Crippen molar-refractivity contribution in [1.82, 2.24) is 0 Å². The third-order valence-corrected chi connectivity index (χ3v) is 3.19. The van der Waals surface area contributed by atoms with Crippen molar-refractivity contribution in [2.45, 2.75) is 32.6 Å². The van der Waals surface area contributed by atoms with Gasteiger partial charge in [-0.1, -0.05) is 18.9 Å². The van der Waals surface area contributed by atoms with Crippen molar-refractivity contribution in [2.75, 3.05) is 11.1 Å². The van der Waals surface area contributed by atoms with Crippen molar-refractivity contribution < 1.29 is 4.79 Å². The van der Waals surface area contributed by atoms with E-state index in [0.29, 0.717) is 5.69 Å². The van der Waals surface area contributed by atoms with E-state index in [-0.39, 0.29) is 11.8 Å². The third kappa shape index (κ3) is 2.35. The van der Waals surface area contributed by atoms with Crippen LogP contribution in [-0.4, -0.2) is 5.91 Å². The monoisotopic (exact) mass is 218 g/mol. The van der Waals surface area contributed by atoms with Crippen LogP contribution in [0, 0.1) is 12.8 Å². The molecule has 1 aliphatic carbocycles. The van der Waals surface area contributed by atoms with E-state index in [9.17, 15) is 4.79 Å². The first kappa shape index (κ1) is 11.0. The molecule has 0 bridgehead atoms. The molecule has 0 saturated heterocycles. The van der Waals surface area contributed by atoms with Gasteiger partial charge >= 0.3 is 0 Å². The van der Waals surface area contributed by atoms with Crippen LogP contribution in [0.3, 0.4) is 0 Å². The molecule has 0 aliphatic heterocycles. The van der Waals surface area contributed by atoms with Crippen molar-refractivity contribution in [2.24, 2.45) is 5.92 Å². The van der Waals surface area contributed by atoms with E-state index in [1.807, 2.05) is 25.1 Å². The second-order valence-electron chi connectivity index (χ2n) is 4.56. The summed E-state index contributed by atoms with van der Waals surface area (Å²) in [5.41, 5.74) is 8.31. The lowest BCUT2D eigenvalue weighted by molar-refractivity contribution is -0.119. The fourth-order valence-corrected chi connectivity index (χ4v) is 2.20. The van der Waals surface area contributed by atoms with Crippen LogP contribution >= 0.6 is 0 Å². The molecule has 1 saturated carbocycles. The highest BCUT2D eigenvalue weighted by atomic mass is 16.1. The van der Waals surface area contributed by atoms with Crippen LogP contribution in [0.5, 0.6) is 0 Å². The first-order valence-electron chi connectivity index (χ1n) is 5.84. The first-order chi connectivity index (χ1) is 7.66. The summed E-state index contributed by atoms with van der Waals surface area (Å²) in [5.74, 6) is 0.301. The summed E-state index contributed by atoms with van der Waals surface area (Å²) in [7, 11) is 0. The summed E-state index contributed by atoms with van der Waals surface area (Å²) in [6.45, 7) is 1.99. The van der Waals surface area contributed by atoms with Crippen molar-refractivity contribution in [3.8, 4) is 0 Å². The largest absolute Gasteiger partial charge is 0.397 e. The number of carbonyl (C=O) groups excluding carboxylic acids is 1. The number of hydrogen-bond donors (Lipinski definition) is 2. The molecule has 16 heavy (non-hydrogen) atoms. The Hall–Kier alpha value is -1.51. The van der Waals surface area contributed by atoms with Crippen LogP contribution in [-0.2, 0) is 4.79 Å². The number of aryl methyl sites for hydroxylation is 1. The lowest BCUT2D eigenvalue weighted by Crippen LogP contribution is -2.20. The predicted octanol–water partition coefficient (Wildman–Crippen LogP) is 2.71. The minimum atomic E-state index is 0.120. The Bertz CT molecular complexity index is 395. The standard InChI is InChI=1S/C13H18N2O/c1-9-6-7-11(14)12(8-9)15-13(16)10-4-2-3-5-10/h6-8,10H,2-5,14H2,1H3,(H,15,16). The molecule has 0 unspecified atom stereocenters. The molecule has 3 heteroatoms. The summed E-state index contributed by atoms with van der Waals surface area (Å²) in [6, 6.07) is 5.70. The average molecular weight is 218 g/mol. The fraction of sp³-hybridized carbons (Fsp3) is 0.462. The quantitative estimate of drug-likeness (QED) is 0.750. The van der Waals surface area contributed by atoms with Gasteiger partial charge in [-0.3, -0.25) is 4.79 Å². The minimum absolute atomic E-state index is 0.120. The van der Waals surface area contributed by atoms with E-state index in [4.69, 9.17) is 5.73 Å². The Morgan fingerprint density at radius 2 is 2.06 bits per heavy atom. The van der Waals surface area contributed by atoms with Crippen molar-refractivity contribution in [1.29, 1.82) is 0 Å². The van der Waals surface area contributed by atoms with E-state index >= 15 is 0 Å². The van der Waals surface area contributed by atoms with Crippen LogP contribution in [0.4, 0.5) is 11.4 Å². The molecule has 1 fully saturated rings. The van der Waals surface area contributed by atoms with E-state index in [0.717, 1.165) is 24.1 Å². The molecule has 1 aromatic rings. The van der Waals surface area contributed by atoms with Crippen LogP contribution in [0.15, 0.2) is 18.2 Å². The third-order valence-electron chi connectivity index (χ3n) is 3.19. The predicted molar refractivity (Wildman–Crippen MR) is 66.2 cm³/mol. The Morgan fingerprint density at radius 1 is 1.38 bits per heavy atom. The molecule has 0 spiro atoms. The molecule has 1 amide bonds. The van der Waals surface area contributed by atoms with Gasteiger partial charge in [0.25, 0.3) is 0 Å². The van der Waals surface area contributed by atoms with Crippen molar-refractivity contribution >= 4 is 17.3 Å². The minimum Gasteiger partial charge on any atom is -0.397 e. The molecule has 2 rings (SSSR count). The molecule has 3 nitrogen and oxygen atoms in total. The van der Waals surface area contributed by atoms with Crippen molar-refractivity contribution in [3.63, 3.8) is 0 Å². The van der Waals surface area contributed by atoms with Crippen LogP contribution in [0.1, 0.15) is 31.2 Å². The number of hydrogen-bond acceptors (Lipinski definition) is 2. The number of nitrogens with one attached hydrogen (secondary N) is 1. The number of nitrogens with two attached hydrogens (primary N) is 1. The van der Waals surface area contributed by atoms with Gasteiger partial charge in [0.2, 0.25) is 5.91 Å². The molecule has 0 radical (unpaired) electrons. The van der Waals surface area contributed by atoms with Crippen LogP contribution in [0.2, 0.25) is 0 Å². The highest BCUT2D eigenvalue weighted by molar-refractivity contribution is 5.95.